The normalized spacial score (nSPS) is 15.7. The van der Waals surface area contributed by atoms with E-state index in [1.54, 1.807) is 24.3 Å². The standard InChI is InChI=1S/C21H18BrIN2O4/c1-3-12-5-7-14(8-6-12)25-20(27)15(19(26)24-21(25)28)9-13-10-16(22)18(29-4-2)17(23)11-13/h5-11H,3-4H2,1-2H3,(H,24,26,28)/b15-9-. The monoisotopic (exact) mass is 568 g/mol. The van der Waals surface area contributed by atoms with Crippen LogP contribution in [0.1, 0.15) is 25.0 Å². The average Bonchev–Trinajstić information content (AvgIpc) is 2.68. The topological polar surface area (TPSA) is 75.7 Å². The zero-order chi connectivity index (χ0) is 21.1. The molecule has 0 aliphatic carbocycles. The first kappa shape index (κ1) is 21.5. The van der Waals surface area contributed by atoms with Crippen molar-refractivity contribution in [2.75, 3.05) is 11.5 Å². The summed E-state index contributed by atoms with van der Waals surface area (Å²) in [5.74, 6) is -0.688. The molecule has 6 nitrogen and oxygen atoms in total. The van der Waals surface area contributed by atoms with Gasteiger partial charge in [-0.2, -0.15) is 0 Å². The first-order chi connectivity index (χ1) is 13.8. The largest absolute Gasteiger partial charge is 0.492 e. The van der Waals surface area contributed by atoms with Gasteiger partial charge in [-0.25, -0.2) is 9.69 Å². The molecule has 1 aliphatic rings. The molecule has 1 aliphatic heterocycles. The number of carbonyl (C=O) groups excluding carboxylic acids is 3. The predicted octanol–water partition coefficient (Wildman–Crippen LogP) is 4.68. The maximum absolute atomic E-state index is 13.0. The molecule has 0 radical (unpaired) electrons. The molecule has 0 spiro atoms. The van der Waals surface area contributed by atoms with Crippen LogP contribution in [0.5, 0.6) is 5.75 Å². The Morgan fingerprint density at radius 2 is 1.83 bits per heavy atom. The number of benzene rings is 2. The molecule has 29 heavy (non-hydrogen) atoms. The molecular weight excluding hydrogens is 551 g/mol. The van der Waals surface area contributed by atoms with Crippen LogP contribution in [0.2, 0.25) is 0 Å². The van der Waals surface area contributed by atoms with Crippen molar-refractivity contribution < 1.29 is 19.1 Å². The quantitative estimate of drug-likeness (QED) is 0.323. The van der Waals surface area contributed by atoms with Crippen molar-refractivity contribution in [3.8, 4) is 5.75 Å². The van der Waals surface area contributed by atoms with Gasteiger partial charge in [0.15, 0.2) is 0 Å². The molecule has 150 valence electrons. The van der Waals surface area contributed by atoms with Gasteiger partial charge in [0.05, 0.1) is 20.3 Å². The van der Waals surface area contributed by atoms with Crippen LogP contribution < -0.4 is 15.0 Å². The van der Waals surface area contributed by atoms with E-state index >= 15 is 0 Å². The Balaban J connectivity index is 1.99. The molecular formula is C21H18BrIN2O4. The number of rotatable bonds is 5. The molecule has 0 unspecified atom stereocenters. The third kappa shape index (κ3) is 4.53. The van der Waals surface area contributed by atoms with Crippen LogP contribution in [-0.2, 0) is 16.0 Å². The minimum absolute atomic E-state index is 0.115. The molecule has 0 atom stereocenters. The highest BCUT2D eigenvalue weighted by atomic mass is 127. The highest BCUT2D eigenvalue weighted by Crippen LogP contribution is 2.33. The second-order valence-electron chi connectivity index (χ2n) is 6.22. The summed E-state index contributed by atoms with van der Waals surface area (Å²) < 4.78 is 7.13. The number of halogens is 2. The van der Waals surface area contributed by atoms with Gasteiger partial charge in [0.2, 0.25) is 0 Å². The second kappa shape index (κ2) is 9.08. The minimum atomic E-state index is -0.760. The van der Waals surface area contributed by atoms with Gasteiger partial charge >= 0.3 is 6.03 Å². The van der Waals surface area contributed by atoms with Crippen LogP contribution in [0.4, 0.5) is 10.5 Å². The zero-order valence-corrected chi connectivity index (χ0v) is 19.5. The molecule has 1 heterocycles. The van der Waals surface area contributed by atoms with Gasteiger partial charge in [0.25, 0.3) is 11.8 Å². The number of nitrogens with one attached hydrogen (secondary N) is 1. The van der Waals surface area contributed by atoms with E-state index in [-0.39, 0.29) is 5.57 Å². The molecule has 0 saturated carbocycles. The number of carbonyl (C=O) groups is 3. The van der Waals surface area contributed by atoms with E-state index in [9.17, 15) is 14.4 Å². The average molecular weight is 569 g/mol. The summed E-state index contributed by atoms with van der Waals surface area (Å²) in [7, 11) is 0. The van der Waals surface area contributed by atoms with Gasteiger partial charge in [-0.05, 0) is 93.3 Å². The Labute approximate surface area is 190 Å². The molecule has 0 aromatic heterocycles. The fourth-order valence-electron chi connectivity index (χ4n) is 2.88. The van der Waals surface area contributed by atoms with Crippen LogP contribution in [0.3, 0.4) is 0 Å². The molecule has 1 saturated heterocycles. The van der Waals surface area contributed by atoms with Gasteiger partial charge < -0.3 is 4.74 Å². The number of anilines is 1. The molecule has 4 amide bonds. The molecule has 1 fully saturated rings. The number of hydrogen-bond acceptors (Lipinski definition) is 4. The van der Waals surface area contributed by atoms with Gasteiger partial charge in [-0.1, -0.05) is 19.1 Å². The number of ether oxygens (including phenoxy) is 1. The van der Waals surface area contributed by atoms with E-state index in [0.29, 0.717) is 28.1 Å². The predicted molar refractivity (Wildman–Crippen MR) is 123 cm³/mol. The van der Waals surface area contributed by atoms with Crippen molar-refractivity contribution >= 4 is 68.1 Å². The summed E-state index contributed by atoms with van der Waals surface area (Å²) in [6, 6.07) is 9.89. The third-order valence-corrected chi connectivity index (χ3v) is 5.72. The van der Waals surface area contributed by atoms with Crippen LogP contribution in [0.25, 0.3) is 6.08 Å². The van der Waals surface area contributed by atoms with E-state index in [2.05, 4.69) is 43.8 Å². The summed E-state index contributed by atoms with van der Waals surface area (Å²) >= 11 is 5.59. The van der Waals surface area contributed by atoms with E-state index in [0.717, 1.165) is 20.5 Å². The SMILES string of the molecule is CCOc1c(Br)cc(/C=C2/C(=O)NC(=O)N(c3ccc(CC)cc3)C2=O)cc1I. The number of nitrogens with zero attached hydrogens (tertiary/aromatic N) is 1. The lowest BCUT2D eigenvalue weighted by molar-refractivity contribution is -0.122. The van der Waals surface area contributed by atoms with Crippen LogP contribution in [0.15, 0.2) is 46.4 Å². The molecule has 3 rings (SSSR count). The van der Waals surface area contributed by atoms with E-state index in [1.165, 1.54) is 6.08 Å². The molecule has 2 aromatic carbocycles. The Morgan fingerprint density at radius 3 is 2.41 bits per heavy atom. The summed E-state index contributed by atoms with van der Waals surface area (Å²) in [6.45, 7) is 4.43. The molecule has 2 aromatic rings. The Kier molecular flexibility index (Phi) is 6.74. The number of amides is 4. The van der Waals surface area contributed by atoms with E-state index in [1.807, 2.05) is 26.0 Å². The van der Waals surface area contributed by atoms with E-state index in [4.69, 9.17) is 4.74 Å². The number of urea groups is 1. The van der Waals surface area contributed by atoms with Crippen LogP contribution >= 0.6 is 38.5 Å². The Bertz CT molecular complexity index is 995. The highest BCUT2D eigenvalue weighted by molar-refractivity contribution is 14.1. The number of imide groups is 2. The summed E-state index contributed by atoms with van der Waals surface area (Å²) in [6.07, 6.45) is 2.31. The highest BCUT2D eigenvalue weighted by Gasteiger charge is 2.36. The summed E-state index contributed by atoms with van der Waals surface area (Å²) in [5, 5.41) is 2.24. The van der Waals surface area contributed by atoms with Crippen molar-refractivity contribution in [1.29, 1.82) is 0 Å². The Hall–Kier alpha value is -2.20. The summed E-state index contributed by atoms with van der Waals surface area (Å²) in [4.78, 5) is 38.6. The first-order valence-corrected chi connectivity index (χ1v) is 10.8. The van der Waals surface area contributed by atoms with Crippen LogP contribution in [0, 0.1) is 3.57 Å². The second-order valence-corrected chi connectivity index (χ2v) is 8.24. The lowest BCUT2D eigenvalue weighted by atomic mass is 10.1. The van der Waals surface area contributed by atoms with Gasteiger partial charge in [0, 0.05) is 0 Å². The fraction of sp³-hybridized carbons (Fsp3) is 0.190. The van der Waals surface area contributed by atoms with Crippen molar-refractivity contribution in [3.63, 3.8) is 0 Å². The number of aryl methyl sites for hydroxylation is 1. The maximum Gasteiger partial charge on any atom is 0.335 e. The third-order valence-electron chi connectivity index (χ3n) is 4.32. The number of hydrogen-bond donors (Lipinski definition) is 1. The van der Waals surface area contributed by atoms with Gasteiger partial charge in [0.1, 0.15) is 11.3 Å². The van der Waals surface area contributed by atoms with Crippen molar-refractivity contribution in [2.45, 2.75) is 20.3 Å². The van der Waals surface area contributed by atoms with E-state index < -0.39 is 17.8 Å². The first-order valence-electron chi connectivity index (χ1n) is 8.98. The molecule has 1 N–H and O–H groups in total. The van der Waals surface area contributed by atoms with Crippen LogP contribution in [-0.4, -0.2) is 24.5 Å². The minimum Gasteiger partial charge on any atom is -0.492 e. The lowest BCUT2D eigenvalue weighted by Crippen LogP contribution is -2.54. The maximum atomic E-state index is 13.0. The molecule has 8 heteroatoms. The molecule has 0 bridgehead atoms. The lowest BCUT2D eigenvalue weighted by Gasteiger charge is -2.26. The van der Waals surface area contributed by atoms with Gasteiger partial charge in [-0.15, -0.1) is 0 Å². The van der Waals surface area contributed by atoms with Crippen molar-refractivity contribution in [2.24, 2.45) is 0 Å². The van der Waals surface area contributed by atoms with Crippen molar-refractivity contribution in [1.82, 2.24) is 5.32 Å². The van der Waals surface area contributed by atoms with Crippen molar-refractivity contribution in [3.05, 3.63) is 61.1 Å². The smallest absolute Gasteiger partial charge is 0.335 e. The summed E-state index contributed by atoms with van der Waals surface area (Å²) in [5.41, 5.74) is 2.01. The zero-order valence-electron chi connectivity index (χ0n) is 15.8. The van der Waals surface area contributed by atoms with Gasteiger partial charge in [-0.3, -0.25) is 14.9 Å². The fourth-order valence-corrected chi connectivity index (χ4v) is 4.65. The Morgan fingerprint density at radius 1 is 1.14 bits per heavy atom. The number of barbiturate groups is 1.